The molecule has 1 saturated heterocycles. The van der Waals surface area contributed by atoms with Crippen LogP contribution >= 0.6 is 11.8 Å². The lowest BCUT2D eigenvalue weighted by atomic mass is 9.93. The Balaban J connectivity index is 1.66. The van der Waals surface area contributed by atoms with Crippen molar-refractivity contribution in [1.82, 2.24) is 4.90 Å². The SMILES string of the molecule is CN(C(=O)OC(C)(C)C)C1=NC2C(OC(C(O)C(F)(F)F)C(OCc3ccccc3)C2OCc2ccccc2)S1. The summed E-state index contributed by atoms with van der Waals surface area (Å²) in [6.45, 7) is 5.18. The number of carbonyl (C=O) groups is 1. The van der Waals surface area contributed by atoms with Gasteiger partial charge in [0.15, 0.2) is 11.3 Å². The second-order valence-corrected chi connectivity index (χ2v) is 11.6. The molecule has 2 aromatic rings. The molecule has 0 bridgehead atoms. The Bertz CT molecular complexity index is 1160. The van der Waals surface area contributed by atoms with E-state index < -0.39 is 53.8 Å². The minimum Gasteiger partial charge on any atom is -0.443 e. The van der Waals surface area contributed by atoms with E-state index in [1.54, 1.807) is 45.0 Å². The molecule has 0 spiro atoms. The highest BCUT2D eigenvalue weighted by molar-refractivity contribution is 8.14. The van der Waals surface area contributed by atoms with Crippen molar-refractivity contribution in [3.63, 3.8) is 0 Å². The number of aliphatic imine (C=N–C) groups is 1. The first-order chi connectivity index (χ1) is 18.8. The number of nitrogens with zero attached hydrogens (tertiary/aromatic N) is 2. The van der Waals surface area contributed by atoms with Crippen LogP contribution in [0.2, 0.25) is 0 Å². The van der Waals surface area contributed by atoms with E-state index in [0.717, 1.165) is 22.9 Å². The molecule has 1 fully saturated rings. The third kappa shape index (κ3) is 7.55. The standard InChI is InChI=1S/C28H33F3N2O6S/c1-27(2,3)39-26(35)33(4)25-32-19-20(36-15-17-11-7-5-8-12-17)21(37-16-18-13-9-6-10-14-18)22(38-24(19)40-25)23(34)28(29,30)31/h5-14,19-24,34H,15-16H2,1-4H3. The Morgan fingerprint density at radius 1 is 1.00 bits per heavy atom. The summed E-state index contributed by atoms with van der Waals surface area (Å²) in [6.07, 6.45) is -12.7. The van der Waals surface area contributed by atoms with Gasteiger partial charge in [0.1, 0.15) is 35.4 Å². The van der Waals surface area contributed by atoms with Crippen LogP contribution in [-0.2, 0) is 32.2 Å². The number of fused-ring (bicyclic) bond motifs is 1. The summed E-state index contributed by atoms with van der Waals surface area (Å²) in [7, 11) is 1.46. The van der Waals surface area contributed by atoms with E-state index in [-0.39, 0.29) is 18.4 Å². The van der Waals surface area contributed by atoms with Gasteiger partial charge in [-0.05, 0) is 31.9 Å². The highest BCUT2D eigenvalue weighted by atomic mass is 32.2. The summed E-state index contributed by atoms with van der Waals surface area (Å²) in [5, 5.41) is 10.6. The number of hydrogen-bond donors (Lipinski definition) is 1. The zero-order chi connectivity index (χ0) is 29.1. The summed E-state index contributed by atoms with van der Waals surface area (Å²) in [5.41, 5.74) is -0.223. The first kappa shape index (κ1) is 30.3. The van der Waals surface area contributed by atoms with Crippen molar-refractivity contribution in [1.29, 1.82) is 0 Å². The average Bonchev–Trinajstić information content (AvgIpc) is 3.33. The number of hydrogen-bond acceptors (Lipinski definition) is 8. The second kappa shape index (κ2) is 12.5. The predicted molar refractivity (Wildman–Crippen MR) is 144 cm³/mol. The van der Waals surface area contributed by atoms with Gasteiger partial charge in [-0.2, -0.15) is 13.2 Å². The van der Waals surface area contributed by atoms with Gasteiger partial charge in [-0.1, -0.05) is 72.4 Å². The van der Waals surface area contributed by atoms with Crippen molar-refractivity contribution >= 4 is 23.0 Å². The smallest absolute Gasteiger partial charge is 0.417 e. The quantitative estimate of drug-likeness (QED) is 0.484. The average molecular weight is 583 g/mol. The fourth-order valence-corrected chi connectivity index (χ4v) is 5.44. The van der Waals surface area contributed by atoms with E-state index in [9.17, 15) is 23.1 Å². The summed E-state index contributed by atoms with van der Waals surface area (Å²) in [5.74, 6) is 0. The molecule has 12 heteroatoms. The number of halogens is 3. The maximum atomic E-state index is 13.8. The third-order valence-corrected chi connectivity index (χ3v) is 7.42. The Morgan fingerprint density at radius 3 is 2.02 bits per heavy atom. The topological polar surface area (TPSA) is 89.8 Å². The molecule has 2 heterocycles. The van der Waals surface area contributed by atoms with Crippen molar-refractivity contribution in [2.45, 2.75) is 81.7 Å². The maximum Gasteiger partial charge on any atom is 0.417 e. The summed E-state index contributed by atoms with van der Waals surface area (Å²) in [6, 6.07) is 17.2. The maximum absolute atomic E-state index is 13.8. The van der Waals surface area contributed by atoms with E-state index in [4.69, 9.17) is 18.9 Å². The Kier molecular flexibility index (Phi) is 9.46. The molecule has 6 atom stereocenters. The highest BCUT2D eigenvalue weighted by Gasteiger charge is 2.58. The largest absolute Gasteiger partial charge is 0.443 e. The number of aliphatic hydroxyl groups is 1. The Hall–Kier alpha value is -2.64. The van der Waals surface area contributed by atoms with Crippen LogP contribution in [0, 0.1) is 0 Å². The molecule has 40 heavy (non-hydrogen) atoms. The zero-order valence-corrected chi connectivity index (χ0v) is 23.4. The molecule has 218 valence electrons. The van der Waals surface area contributed by atoms with Gasteiger partial charge < -0.3 is 24.1 Å². The molecule has 2 aliphatic rings. The fraction of sp³-hybridized carbons (Fsp3) is 0.500. The molecule has 0 radical (unpaired) electrons. The molecule has 4 rings (SSSR count). The number of alkyl halides is 3. The van der Waals surface area contributed by atoms with E-state index in [1.807, 2.05) is 36.4 Å². The van der Waals surface area contributed by atoms with E-state index in [1.165, 1.54) is 11.9 Å². The van der Waals surface area contributed by atoms with Crippen molar-refractivity contribution in [3.05, 3.63) is 71.8 Å². The van der Waals surface area contributed by atoms with Crippen LogP contribution in [0.1, 0.15) is 31.9 Å². The molecular formula is C28H33F3N2O6S. The minimum absolute atomic E-state index is 0.0416. The van der Waals surface area contributed by atoms with Crippen molar-refractivity contribution < 1.29 is 42.0 Å². The van der Waals surface area contributed by atoms with Gasteiger partial charge in [0, 0.05) is 7.05 Å². The van der Waals surface area contributed by atoms with Gasteiger partial charge >= 0.3 is 12.3 Å². The van der Waals surface area contributed by atoms with Gasteiger partial charge in [-0.25, -0.2) is 4.79 Å². The highest BCUT2D eigenvalue weighted by Crippen LogP contribution is 2.42. The number of benzene rings is 2. The summed E-state index contributed by atoms with van der Waals surface area (Å²) < 4.78 is 65.0. The predicted octanol–water partition coefficient (Wildman–Crippen LogP) is 5.14. The van der Waals surface area contributed by atoms with Crippen LogP contribution in [0.15, 0.2) is 65.7 Å². The minimum atomic E-state index is -4.98. The lowest BCUT2D eigenvalue weighted by molar-refractivity contribution is -0.283. The molecule has 0 aliphatic carbocycles. The van der Waals surface area contributed by atoms with Crippen LogP contribution in [0.3, 0.4) is 0 Å². The van der Waals surface area contributed by atoms with Gasteiger partial charge in [-0.15, -0.1) is 0 Å². The fourth-order valence-electron chi connectivity index (χ4n) is 4.27. The van der Waals surface area contributed by atoms with E-state index >= 15 is 0 Å². The first-order valence-corrected chi connectivity index (χ1v) is 13.6. The number of ether oxygens (including phenoxy) is 4. The normalized spacial score (nSPS) is 25.6. The number of amidine groups is 1. The van der Waals surface area contributed by atoms with Crippen molar-refractivity contribution in [2.24, 2.45) is 4.99 Å². The van der Waals surface area contributed by atoms with E-state index in [0.29, 0.717) is 0 Å². The first-order valence-electron chi connectivity index (χ1n) is 12.8. The molecule has 0 saturated carbocycles. The van der Waals surface area contributed by atoms with Gasteiger partial charge in [0.05, 0.1) is 13.2 Å². The van der Waals surface area contributed by atoms with E-state index in [2.05, 4.69) is 4.99 Å². The number of aliphatic hydroxyl groups excluding tert-OH is 1. The molecule has 0 aromatic heterocycles. The molecule has 8 nitrogen and oxygen atoms in total. The van der Waals surface area contributed by atoms with Crippen LogP contribution in [0.4, 0.5) is 18.0 Å². The van der Waals surface area contributed by atoms with Crippen LogP contribution in [0.5, 0.6) is 0 Å². The van der Waals surface area contributed by atoms with Crippen molar-refractivity contribution in [2.75, 3.05) is 7.05 Å². The molecule has 2 aliphatic heterocycles. The zero-order valence-electron chi connectivity index (χ0n) is 22.6. The van der Waals surface area contributed by atoms with Crippen molar-refractivity contribution in [3.8, 4) is 0 Å². The number of carbonyl (C=O) groups excluding carboxylic acids is 1. The van der Waals surface area contributed by atoms with Gasteiger partial charge in [0.2, 0.25) is 0 Å². The third-order valence-electron chi connectivity index (χ3n) is 6.21. The van der Waals surface area contributed by atoms with Gasteiger partial charge in [-0.3, -0.25) is 9.89 Å². The number of thioether (sulfide) groups is 1. The van der Waals surface area contributed by atoms with Gasteiger partial charge in [0.25, 0.3) is 0 Å². The lowest BCUT2D eigenvalue weighted by Crippen LogP contribution is -2.62. The van der Waals surface area contributed by atoms with Crippen LogP contribution in [0.25, 0.3) is 0 Å². The molecule has 1 N–H and O–H groups in total. The van der Waals surface area contributed by atoms with Crippen LogP contribution in [-0.4, -0.2) is 76.0 Å². The molecule has 6 unspecified atom stereocenters. The second-order valence-electron chi connectivity index (χ2n) is 10.5. The lowest BCUT2D eigenvalue weighted by Gasteiger charge is -2.44. The Labute approximate surface area is 235 Å². The summed E-state index contributed by atoms with van der Waals surface area (Å²) >= 11 is 0.970. The monoisotopic (exact) mass is 582 g/mol. The molecular weight excluding hydrogens is 549 g/mol. The Morgan fingerprint density at radius 2 is 1.52 bits per heavy atom. The summed E-state index contributed by atoms with van der Waals surface area (Å²) in [4.78, 5) is 18.5. The van der Waals surface area contributed by atoms with Crippen LogP contribution < -0.4 is 0 Å². The number of rotatable bonds is 7. The molecule has 2 aromatic carbocycles. The number of amides is 1. The molecule has 1 amide bonds.